The molecule has 0 aromatic heterocycles. The van der Waals surface area contributed by atoms with E-state index in [9.17, 15) is 14.7 Å². The van der Waals surface area contributed by atoms with Crippen molar-refractivity contribution in [2.45, 2.75) is 59.2 Å². The summed E-state index contributed by atoms with van der Waals surface area (Å²) >= 11 is 10.1. The second-order valence-electron chi connectivity index (χ2n) is 9.32. The minimum atomic E-state index is -0.842. The summed E-state index contributed by atoms with van der Waals surface area (Å²) in [7, 11) is 1.42. The lowest BCUT2D eigenvalue weighted by molar-refractivity contribution is -0.141. The summed E-state index contributed by atoms with van der Waals surface area (Å²) in [5.74, 6) is -0.258. The van der Waals surface area contributed by atoms with Crippen molar-refractivity contribution in [3.8, 4) is 23.0 Å². The number of fused-ring (bicyclic) bond motifs is 2. The number of halogens is 2. The molecule has 0 spiro atoms. The van der Waals surface area contributed by atoms with Gasteiger partial charge in [0.2, 0.25) is 0 Å². The third-order valence-electron chi connectivity index (χ3n) is 6.42. The van der Waals surface area contributed by atoms with Crippen molar-refractivity contribution in [3.63, 3.8) is 0 Å². The van der Waals surface area contributed by atoms with Gasteiger partial charge in [-0.1, -0.05) is 31.9 Å². The Morgan fingerprint density at radius 1 is 1.29 bits per heavy atom. The van der Waals surface area contributed by atoms with E-state index in [1.165, 1.54) is 7.11 Å². The van der Waals surface area contributed by atoms with Crippen molar-refractivity contribution >= 4 is 39.5 Å². The Labute approximate surface area is 217 Å². The third kappa shape index (κ3) is 4.88. The van der Waals surface area contributed by atoms with Gasteiger partial charge in [0.1, 0.15) is 23.7 Å². The normalized spacial score (nSPS) is 16.2. The van der Waals surface area contributed by atoms with Gasteiger partial charge in [0.25, 0.3) is 0 Å². The van der Waals surface area contributed by atoms with Crippen LogP contribution in [0.1, 0.15) is 72.7 Å². The number of cyclic esters (lactones) is 1. The first-order chi connectivity index (χ1) is 16.6. The number of hydrogen-bond donors (Lipinski definition) is 1. The number of ether oxygens (including phenoxy) is 4. The molecule has 188 valence electrons. The number of esters is 2. The molecular weight excluding hydrogens is 540 g/mol. The van der Waals surface area contributed by atoms with E-state index in [1.807, 2.05) is 13.8 Å². The van der Waals surface area contributed by atoms with Gasteiger partial charge in [-0.25, -0.2) is 4.79 Å². The molecule has 2 aromatic carbocycles. The van der Waals surface area contributed by atoms with Gasteiger partial charge in [0.15, 0.2) is 11.5 Å². The molecule has 1 fully saturated rings. The van der Waals surface area contributed by atoms with Crippen molar-refractivity contribution < 1.29 is 33.6 Å². The van der Waals surface area contributed by atoms with Gasteiger partial charge >= 0.3 is 11.9 Å². The standard InChI is InChI=1S/C26H28BrClO7/c1-12(2)10-17(29)15-8-9-18-19(22(15)32-4)26(31)33-11-16-21(28)13(3)20(27)24(23(16)34-18)35-25(30)14-6-5-7-14/h8-9,12,14,17,29H,5-7,10-11H2,1-4H3/t17-/m0/s1. The predicted molar refractivity (Wildman–Crippen MR) is 133 cm³/mol. The molecule has 2 aromatic rings. The summed E-state index contributed by atoms with van der Waals surface area (Å²) in [6, 6.07) is 3.23. The van der Waals surface area contributed by atoms with Crippen molar-refractivity contribution in [2.75, 3.05) is 7.11 Å². The molecular formula is C26H28BrClO7. The fraction of sp³-hybridized carbons (Fsp3) is 0.462. The van der Waals surface area contributed by atoms with Crippen LogP contribution in [0.5, 0.6) is 23.0 Å². The van der Waals surface area contributed by atoms with Crippen molar-refractivity contribution in [2.24, 2.45) is 11.8 Å². The van der Waals surface area contributed by atoms with E-state index in [1.54, 1.807) is 19.1 Å². The monoisotopic (exact) mass is 566 g/mol. The fourth-order valence-corrected chi connectivity index (χ4v) is 5.03. The number of rotatable bonds is 6. The zero-order valence-corrected chi connectivity index (χ0v) is 22.4. The Balaban J connectivity index is 1.84. The second-order valence-corrected chi connectivity index (χ2v) is 10.5. The van der Waals surface area contributed by atoms with Crippen LogP contribution in [0.2, 0.25) is 5.02 Å². The highest BCUT2D eigenvalue weighted by atomic mass is 79.9. The summed E-state index contributed by atoms with van der Waals surface area (Å²) in [4.78, 5) is 25.8. The van der Waals surface area contributed by atoms with Gasteiger partial charge in [-0.3, -0.25) is 4.79 Å². The zero-order chi connectivity index (χ0) is 25.4. The highest BCUT2D eigenvalue weighted by molar-refractivity contribution is 9.10. The number of hydrogen-bond acceptors (Lipinski definition) is 7. The van der Waals surface area contributed by atoms with Gasteiger partial charge in [-0.05, 0) is 65.7 Å². The molecule has 1 saturated carbocycles. The SMILES string of the molecule is COc1c([C@@H](O)CC(C)C)ccc2c1C(=O)OCc1c(Cl)c(C)c(Br)c(OC(=O)C3CCC3)c1O2. The molecule has 0 unspecified atom stereocenters. The van der Waals surface area contributed by atoms with E-state index in [-0.39, 0.29) is 53.0 Å². The summed E-state index contributed by atoms with van der Waals surface area (Å²) < 4.78 is 23.7. The average Bonchev–Trinajstić information content (AvgIpc) is 2.76. The Morgan fingerprint density at radius 2 is 2.00 bits per heavy atom. The Morgan fingerprint density at radius 3 is 2.60 bits per heavy atom. The van der Waals surface area contributed by atoms with Crippen LogP contribution in [0.25, 0.3) is 0 Å². The number of methoxy groups -OCH3 is 1. The molecule has 7 nitrogen and oxygen atoms in total. The molecule has 4 rings (SSSR count). The molecule has 0 saturated heterocycles. The van der Waals surface area contributed by atoms with Crippen LogP contribution < -0.4 is 14.2 Å². The molecule has 1 aliphatic carbocycles. The first-order valence-electron chi connectivity index (χ1n) is 11.6. The first kappa shape index (κ1) is 25.8. The number of carbonyl (C=O) groups excluding carboxylic acids is 2. The molecule has 0 bridgehead atoms. The molecule has 1 atom stereocenters. The predicted octanol–water partition coefficient (Wildman–Crippen LogP) is 6.67. The lowest BCUT2D eigenvalue weighted by Crippen LogP contribution is -2.27. The maximum Gasteiger partial charge on any atom is 0.346 e. The van der Waals surface area contributed by atoms with E-state index in [4.69, 9.17) is 30.5 Å². The molecule has 0 amide bonds. The maximum absolute atomic E-state index is 13.1. The van der Waals surface area contributed by atoms with Gasteiger partial charge < -0.3 is 24.1 Å². The van der Waals surface area contributed by atoms with E-state index < -0.39 is 12.1 Å². The largest absolute Gasteiger partial charge is 0.495 e. The van der Waals surface area contributed by atoms with Crippen LogP contribution in [0, 0.1) is 18.8 Å². The van der Waals surface area contributed by atoms with Crippen molar-refractivity contribution in [3.05, 3.63) is 43.9 Å². The number of aliphatic hydroxyl groups is 1. The van der Waals surface area contributed by atoms with Crippen LogP contribution in [0.4, 0.5) is 0 Å². The van der Waals surface area contributed by atoms with Crippen molar-refractivity contribution in [1.29, 1.82) is 0 Å². The molecule has 1 N–H and O–H groups in total. The van der Waals surface area contributed by atoms with E-state index in [2.05, 4.69) is 15.9 Å². The summed E-state index contributed by atoms with van der Waals surface area (Å²) in [5, 5.41) is 11.1. The molecule has 35 heavy (non-hydrogen) atoms. The van der Waals surface area contributed by atoms with E-state index in [0.717, 1.165) is 19.3 Å². The minimum absolute atomic E-state index is 0.0440. The smallest absolute Gasteiger partial charge is 0.346 e. The Hall–Kier alpha value is -2.29. The minimum Gasteiger partial charge on any atom is -0.495 e. The quantitative estimate of drug-likeness (QED) is 0.308. The van der Waals surface area contributed by atoms with Gasteiger partial charge in [0.05, 0.1) is 34.2 Å². The zero-order valence-electron chi connectivity index (χ0n) is 20.1. The van der Waals surface area contributed by atoms with Gasteiger partial charge in [-0.15, -0.1) is 0 Å². The molecule has 1 heterocycles. The van der Waals surface area contributed by atoms with Crippen molar-refractivity contribution in [1.82, 2.24) is 0 Å². The Bertz CT molecular complexity index is 1170. The molecule has 2 aliphatic rings. The average molecular weight is 568 g/mol. The second kappa shape index (κ2) is 10.4. The highest BCUT2D eigenvalue weighted by Crippen LogP contribution is 2.50. The fourth-order valence-electron chi connectivity index (χ4n) is 4.22. The first-order valence-corrected chi connectivity index (χ1v) is 12.8. The van der Waals surface area contributed by atoms with E-state index >= 15 is 0 Å². The Kier molecular flexibility index (Phi) is 7.64. The topological polar surface area (TPSA) is 91.3 Å². The van der Waals surface area contributed by atoms with Crippen LogP contribution in [0.3, 0.4) is 0 Å². The summed E-state index contributed by atoms with van der Waals surface area (Å²) in [5.41, 5.74) is 1.53. The van der Waals surface area contributed by atoms with Crippen LogP contribution in [-0.2, 0) is 16.1 Å². The number of aliphatic hydroxyl groups excluding tert-OH is 1. The summed E-state index contributed by atoms with van der Waals surface area (Å²) in [6.07, 6.45) is 2.20. The van der Waals surface area contributed by atoms with Crippen LogP contribution in [-0.4, -0.2) is 24.2 Å². The number of carbonyl (C=O) groups is 2. The molecule has 0 radical (unpaired) electrons. The molecule has 1 aliphatic heterocycles. The lowest BCUT2D eigenvalue weighted by atomic mass is 9.86. The lowest BCUT2D eigenvalue weighted by Gasteiger charge is -2.27. The highest BCUT2D eigenvalue weighted by Gasteiger charge is 2.34. The summed E-state index contributed by atoms with van der Waals surface area (Å²) in [6.45, 7) is 5.56. The molecule has 9 heteroatoms. The van der Waals surface area contributed by atoms with Gasteiger partial charge in [-0.2, -0.15) is 0 Å². The number of benzene rings is 2. The van der Waals surface area contributed by atoms with Crippen LogP contribution >= 0.6 is 27.5 Å². The third-order valence-corrected chi connectivity index (χ3v) is 7.88. The maximum atomic E-state index is 13.1. The van der Waals surface area contributed by atoms with Crippen LogP contribution in [0.15, 0.2) is 16.6 Å². The van der Waals surface area contributed by atoms with Gasteiger partial charge in [0, 0.05) is 5.56 Å². The van der Waals surface area contributed by atoms with E-state index in [0.29, 0.717) is 32.6 Å².